The molecule has 1 aliphatic rings. The summed E-state index contributed by atoms with van der Waals surface area (Å²) < 4.78 is 27.0. The van der Waals surface area contributed by atoms with Gasteiger partial charge in [0.1, 0.15) is 23.9 Å². The first kappa shape index (κ1) is 22.5. The minimum atomic E-state index is -0.426. The van der Waals surface area contributed by atoms with E-state index < -0.39 is 6.10 Å². The van der Waals surface area contributed by atoms with Crippen molar-refractivity contribution < 1.29 is 13.9 Å². The molecule has 0 spiro atoms. The molecule has 2 aromatic heterocycles. The highest BCUT2D eigenvalue weighted by Gasteiger charge is 2.28. The molecule has 1 aromatic carbocycles. The summed E-state index contributed by atoms with van der Waals surface area (Å²) in [5, 5.41) is 4.68. The van der Waals surface area contributed by atoms with Crippen LogP contribution in [0, 0.1) is 11.7 Å². The minimum Gasteiger partial charge on any atom is -0.481 e. The van der Waals surface area contributed by atoms with Gasteiger partial charge < -0.3 is 9.47 Å². The van der Waals surface area contributed by atoms with Gasteiger partial charge in [0, 0.05) is 43.1 Å². The number of aromatic nitrogens is 4. The monoisotopic (exact) mass is 448 g/mol. The summed E-state index contributed by atoms with van der Waals surface area (Å²) >= 11 is 0. The minimum absolute atomic E-state index is 0.0925. The number of hydrogen-bond acceptors (Lipinski definition) is 7. The summed E-state index contributed by atoms with van der Waals surface area (Å²) in [7, 11) is 3.18. The third-order valence-electron chi connectivity index (χ3n) is 5.63. The second-order valence-corrected chi connectivity index (χ2v) is 7.61. The van der Waals surface area contributed by atoms with Gasteiger partial charge in [-0.2, -0.15) is 5.10 Å². The lowest BCUT2D eigenvalue weighted by molar-refractivity contribution is 0.205. The van der Waals surface area contributed by atoms with E-state index in [0.717, 1.165) is 11.3 Å². The van der Waals surface area contributed by atoms with E-state index in [1.165, 1.54) is 12.4 Å². The van der Waals surface area contributed by atoms with E-state index in [2.05, 4.69) is 15.1 Å². The SMILES string of the molecule is COc1cc(C2=C(C)C(C)C(=Nc3ccncn3)C(OC)C=N2)nn1Cc1ccccc1F. The molecular formula is C24H25FN6O2. The van der Waals surface area contributed by atoms with E-state index in [-0.39, 0.29) is 18.3 Å². The molecule has 0 fully saturated rings. The van der Waals surface area contributed by atoms with Gasteiger partial charge in [0.05, 0.1) is 25.1 Å². The molecule has 0 bridgehead atoms. The average Bonchev–Trinajstić information content (AvgIpc) is 3.19. The summed E-state index contributed by atoms with van der Waals surface area (Å²) in [5.41, 5.74) is 3.60. The van der Waals surface area contributed by atoms with Gasteiger partial charge in [-0.25, -0.2) is 24.0 Å². The molecule has 9 heteroatoms. The van der Waals surface area contributed by atoms with Crippen molar-refractivity contribution in [3.8, 4) is 5.88 Å². The van der Waals surface area contributed by atoms with Gasteiger partial charge in [-0.3, -0.25) is 4.99 Å². The second kappa shape index (κ2) is 9.83. The standard InChI is InChI=1S/C24H25FN6O2/c1-15-16(2)24(29-21-9-10-26-14-28-21)20(32-3)12-27-23(15)19-11-22(33-4)31(30-19)13-17-7-5-6-8-18(17)25/h5-12,14,16,20H,13H2,1-4H3. The molecule has 33 heavy (non-hydrogen) atoms. The van der Waals surface area contributed by atoms with Gasteiger partial charge in [0.2, 0.25) is 5.88 Å². The lowest BCUT2D eigenvalue weighted by atomic mass is 9.92. The predicted molar refractivity (Wildman–Crippen MR) is 124 cm³/mol. The predicted octanol–water partition coefficient (Wildman–Crippen LogP) is 4.11. The Morgan fingerprint density at radius 1 is 1.18 bits per heavy atom. The number of methoxy groups -OCH3 is 2. The van der Waals surface area contributed by atoms with E-state index >= 15 is 0 Å². The van der Waals surface area contributed by atoms with Gasteiger partial charge in [-0.05, 0) is 18.6 Å². The highest BCUT2D eigenvalue weighted by atomic mass is 19.1. The van der Waals surface area contributed by atoms with Crippen LogP contribution in [-0.4, -0.2) is 52.0 Å². The van der Waals surface area contributed by atoms with Crippen LogP contribution in [0.15, 0.2) is 64.5 Å². The van der Waals surface area contributed by atoms with Crippen molar-refractivity contribution in [1.29, 1.82) is 0 Å². The Morgan fingerprint density at radius 2 is 2.00 bits per heavy atom. The number of nitrogens with zero attached hydrogens (tertiary/aromatic N) is 6. The number of rotatable bonds is 6. The molecule has 0 radical (unpaired) electrons. The fourth-order valence-corrected chi connectivity index (χ4v) is 3.67. The number of ether oxygens (including phenoxy) is 2. The summed E-state index contributed by atoms with van der Waals surface area (Å²) in [6.07, 6.45) is 4.39. The maximum Gasteiger partial charge on any atom is 0.212 e. The summed E-state index contributed by atoms with van der Waals surface area (Å²) in [6, 6.07) is 10.2. The van der Waals surface area contributed by atoms with Crippen molar-refractivity contribution in [2.24, 2.45) is 15.9 Å². The smallest absolute Gasteiger partial charge is 0.212 e. The van der Waals surface area contributed by atoms with Gasteiger partial charge in [-0.1, -0.05) is 25.1 Å². The zero-order chi connectivity index (χ0) is 23.4. The van der Waals surface area contributed by atoms with Crippen molar-refractivity contribution in [3.05, 3.63) is 71.6 Å². The fourth-order valence-electron chi connectivity index (χ4n) is 3.67. The molecule has 4 rings (SSSR count). The third-order valence-corrected chi connectivity index (χ3v) is 5.63. The number of halogens is 1. The lowest BCUT2D eigenvalue weighted by Gasteiger charge is -2.19. The molecule has 0 saturated heterocycles. The van der Waals surface area contributed by atoms with Crippen LogP contribution in [0.1, 0.15) is 25.1 Å². The summed E-state index contributed by atoms with van der Waals surface area (Å²) in [5.74, 6) is 0.681. The Morgan fingerprint density at radius 3 is 2.70 bits per heavy atom. The van der Waals surface area contributed by atoms with Crippen LogP contribution in [-0.2, 0) is 11.3 Å². The molecule has 3 aromatic rings. The van der Waals surface area contributed by atoms with E-state index in [1.54, 1.807) is 61.6 Å². The van der Waals surface area contributed by atoms with Gasteiger partial charge in [0.25, 0.3) is 0 Å². The van der Waals surface area contributed by atoms with Crippen LogP contribution in [0.4, 0.5) is 10.2 Å². The molecule has 8 nitrogen and oxygen atoms in total. The first-order valence-electron chi connectivity index (χ1n) is 10.5. The van der Waals surface area contributed by atoms with Crippen LogP contribution in [0.3, 0.4) is 0 Å². The average molecular weight is 449 g/mol. The first-order valence-corrected chi connectivity index (χ1v) is 10.5. The largest absolute Gasteiger partial charge is 0.481 e. The highest BCUT2D eigenvalue weighted by molar-refractivity contribution is 6.08. The molecular weight excluding hydrogens is 423 g/mol. The summed E-state index contributed by atoms with van der Waals surface area (Å²) in [6.45, 7) is 4.28. The molecule has 1 aliphatic heterocycles. The van der Waals surface area contributed by atoms with Crippen molar-refractivity contribution >= 4 is 23.4 Å². The van der Waals surface area contributed by atoms with Crippen LogP contribution in [0.5, 0.6) is 5.88 Å². The molecule has 0 aliphatic carbocycles. The Labute approximate surface area is 191 Å². The Kier molecular flexibility index (Phi) is 6.69. The summed E-state index contributed by atoms with van der Waals surface area (Å²) in [4.78, 5) is 17.6. The number of benzene rings is 1. The van der Waals surface area contributed by atoms with Crippen LogP contribution in [0.25, 0.3) is 5.70 Å². The second-order valence-electron chi connectivity index (χ2n) is 7.61. The normalized spacial score (nSPS) is 19.7. The maximum atomic E-state index is 14.2. The Balaban J connectivity index is 1.73. The zero-order valence-corrected chi connectivity index (χ0v) is 18.9. The third kappa shape index (κ3) is 4.73. The Bertz CT molecular complexity index is 1220. The fraction of sp³-hybridized carbons (Fsp3) is 0.292. The topological polar surface area (TPSA) is 86.8 Å². The van der Waals surface area contributed by atoms with E-state index in [1.807, 2.05) is 13.8 Å². The van der Waals surface area contributed by atoms with Gasteiger partial charge in [0.15, 0.2) is 5.82 Å². The van der Waals surface area contributed by atoms with E-state index in [4.69, 9.17) is 19.5 Å². The van der Waals surface area contributed by atoms with Crippen LogP contribution in [0.2, 0.25) is 0 Å². The quantitative estimate of drug-likeness (QED) is 0.566. The number of allylic oxidation sites excluding steroid dienone is 1. The van der Waals surface area contributed by atoms with E-state index in [9.17, 15) is 4.39 Å². The Hall–Kier alpha value is -3.72. The molecule has 0 amide bonds. The lowest BCUT2D eigenvalue weighted by Crippen LogP contribution is -2.29. The van der Waals surface area contributed by atoms with Crippen molar-refractivity contribution in [2.45, 2.75) is 26.5 Å². The molecule has 2 atom stereocenters. The van der Waals surface area contributed by atoms with Crippen molar-refractivity contribution in [1.82, 2.24) is 19.7 Å². The van der Waals surface area contributed by atoms with Gasteiger partial charge >= 0.3 is 0 Å². The molecule has 3 heterocycles. The molecule has 2 unspecified atom stereocenters. The highest BCUT2D eigenvalue weighted by Crippen LogP contribution is 2.31. The van der Waals surface area contributed by atoms with Gasteiger partial charge in [-0.15, -0.1) is 0 Å². The van der Waals surface area contributed by atoms with Crippen molar-refractivity contribution in [3.63, 3.8) is 0 Å². The number of aliphatic imine (C=N–C) groups is 2. The molecule has 0 saturated carbocycles. The maximum absolute atomic E-state index is 14.2. The van der Waals surface area contributed by atoms with Crippen molar-refractivity contribution in [2.75, 3.05) is 14.2 Å². The van der Waals surface area contributed by atoms with E-state index in [0.29, 0.717) is 28.7 Å². The van der Waals surface area contributed by atoms with Crippen LogP contribution >= 0.6 is 0 Å². The molecule has 170 valence electrons. The molecule has 0 N–H and O–H groups in total. The zero-order valence-electron chi connectivity index (χ0n) is 18.9. The first-order chi connectivity index (χ1) is 16.0. The van der Waals surface area contributed by atoms with Crippen LogP contribution < -0.4 is 4.74 Å². The number of hydrogen-bond donors (Lipinski definition) is 0.